The summed E-state index contributed by atoms with van der Waals surface area (Å²) in [6.45, 7) is 4.10. The number of nitrogens with one attached hydrogen (secondary N) is 1. The van der Waals surface area contributed by atoms with Crippen LogP contribution in [0.5, 0.6) is 0 Å². The number of likely N-dealkylation sites (tertiary alicyclic amines) is 1. The Balaban J connectivity index is 1.60. The molecule has 30 heavy (non-hydrogen) atoms. The molecule has 5 heterocycles. The second-order valence-corrected chi connectivity index (χ2v) is 8.54. The van der Waals surface area contributed by atoms with Gasteiger partial charge in [-0.05, 0) is 31.0 Å². The zero-order chi connectivity index (χ0) is 20.6. The summed E-state index contributed by atoms with van der Waals surface area (Å²) >= 11 is 0. The molecule has 0 radical (unpaired) electrons. The molecule has 152 valence electrons. The third kappa shape index (κ3) is 2.34. The van der Waals surface area contributed by atoms with Gasteiger partial charge in [0, 0.05) is 38.4 Å². The van der Waals surface area contributed by atoms with Gasteiger partial charge in [0.05, 0.1) is 21.9 Å². The topological polar surface area (TPSA) is 93.9 Å². The minimum Gasteiger partial charge on any atom is -0.477 e. The van der Waals surface area contributed by atoms with E-state index in [1.54, 1.807) is 0 Å². The average molecular weight is 403 g/mol. The number of carboxylic acids is 1. The van der Waals surface area contributed by atoms with Crippen molar-refractivity contribution in [1.82, 2.24) is 19.3 Å². The van der Waals surface area contributed by atoms with E-state index in [9.17, 15) is 14.7 Å². The summed E-state index contributed by atoms with van der Waals surface area (Å²) < 4.78 is 1.84. The highest BCUT2D eigenvalue weighted by atomic mass is 16.4. The Morgan fingerprint density at radius 3 is 2.60 bits per heavy atom. The molecule has 0 aliphatic carbocycles. The molecule has 2 aliphatic rings. The third-order valence-corrected chi connectivity index (χ3v) is 6.65. The first-order chi connectivity index (χ1) is 14.5. The summed E-state index contributed by atoms with van der Waals surface area (Å²) in [6.07, 6.45) is 1.54. The second-order valence-electron chi connectivity index (χ2n) is 8.54. The number of H-pyrrole nitrogens is 1. The molecule has 0 bridgehead atoms. The Labute approximate surface area is 171 Å². The summed E-state index contributed by atoms with van der Waals surface area (Å²) in [5, 5.41) is 10.0. The van der Waals surface area contributed by atoms with Crippen molar-refractivity contribution in [3.8, 4) is 0 Å². The van der Waals surface area contributed by atoms with Gasteiger partial charge in [0.15, 0.2) is 0 Å². The van der Waals surface area contributed by atoms with Gasteiger partial charge in [0.1, 0.15) is 17.0 Å². The maximum absolute atomic E-state index is 13.0. The van der Waals surface area contributed by atoms with Crippen LogP contribution >= 0.6 is 0 Å². The highest BCUT2D eigenvalue weighted by molar-refractivity contribution is 6.03. The van der Waals surface area contributed by atoms with Crippen molar-refractivity contribution < 1.29 is 9.90 Å². The van der Waals surface area contributed by atoms with E-state index >= 15 is 0 Å². The van der Waals surface area contributed by atoms with E-state index in [2.05, 4.69) is 26.8 Å². The van der Waals surface area contributed by atoms with Crippen LogP contribution in [0.3, 0.4) is 0 Å². The Morgan fingerprint density at radius 1 is 1.13 bits per heavy atom. The molecule has 8 nitrogen and oxygen atoms in total. The molecular formula is C22H21N5O3. The summed E-state index contributed by atoms with van der Waals surface area (Å²) in [5.74, 6) is 0.864. The van der Waals surface area contributed by atoms with Gasteiger partial charge in [-0.3, -0.25) is 9.20 Å². The lowest BCUT2D eigenvalue weighted by atomic mass is 10.0. The maximum atomic E-state index is 13.0. The van der Waals surface area contributed by atoms with Crippen molar-refractivity contribution in [3.05, 3.63) is 52.3 Å². The highest BCUT2D eigenvalue weighted by Gasteiger charge is 2.39. The van der Waals surface area contributed by atoms with Crippen LogP contribution in [0.2, 0.25) is 0 Å². The number of carbonyl (C=O) groups is 1. The van der Waals surface area contributed by atoms with Gasteiger partial charge in [0.25, 0.3) is 0 Å². The minimum absolute atomic E-state index is 0.257. The standard InChI is InChI=1S/C22H21N5O3/c1-25-8-12-10-26(11-13(12)9-25)18-6-17-14(7-23-18)20(28)19(22(29)30)21-24-15-4-2-3-5-16(15)27(17)21/h2-7,12-13,24H,8-11H2,1H3,(H,29,30). The molecule has 0 saturated carbocycles. The number of aromatic nitrogens is 3. The monoisotopic (exact) mass is 403 g/mol. The van der Waals surface area contributed by atoms with Crippen molar-refractivity contribution in [2.75, 3.05) is 38.1 Å². The lowest BCUT2D eigenvalue weighted by Crippen LogP contribution is -2.27. The Kier molecular flexibility index (Phi) is 3.53. The average Bonchev–Trinajstić information content (AvgIpc) is 3.38. The molecule has 3 aromatic heterocycles. The first-order valence-corrected chi connectivity index (χ1v) is 10.1. The molecule has 2 atom stereocenters. The molecule has 2 saturated heterocycles. The first kappa shape index (κ1) is 17.5. The van der Waals surface area contributed by atoms with E-state index in [0.717, 1.165) is 43.0 Å². The third-order valence-electron chi connectivity index (χ3n) is 6.65. The molecule has 2 N–H and O–H groups in total. The normalized spacial score (nSPS) is 21.8. The SMILES string of the molecule is CN1CC2CN(c3cc4c(cn3)c(=O)c(C(=O)O)c3[nH]c5ccccc5n34)CC2C1. The van der Waals surface area contributed by atoms with Gasteiger partial charge >= 0.3 is 5.97 Å². The van der Waals surface area contributed by atoms with Crippen LogP contribution in [-0.4, -0.2) is 63.6 Å². The number of para-hydroxylation sites is 2. The van der Waals surface area contributed by atoms with E-state index in [0.29, 0.717) is 28.4 Å². The summed E-state index contributed by atoms with van der Waals surface area (Å²) in [4.78, 5) is 37.3. The molecular weight excluding hydrogens is 382 g/mol. The Hall–Kier alpha value is -3.39. The summed E-state index contributed by atoms with van der Waals surface area (Å²) in [5.41, 5.74) is 1.82. The van der Waals surface area contributed by atoms with Crippen molar-refractivity contribution >= 4 is 39.4 Å². The smallest absolute Gasteiger partial charge is 0.343 e. The largest absolute Gasteiger partial charge is 0.477 e. The molecule has 0 amide bonds. The number of imidazole rings is 1. The molecule has 4 aromatic rings. The van der Waals surface area contributed by atoms with Crippen molar-refractivity contribution in [2.45, 2.75) is 0 Å². The Bertz CT molecular complexity index is 1390. The van der Waals surface area contributed by atoms with Crippen molar-refractivity contribution in [3.63, 3.8) is 0 Å². The summed E-state index contributed by atoms with van der Waals surface area (Å²) in [6, 6.07) is 9.52. The lowest BCUT2D eigenvalue weighted by molar-refractivity contribution is 0.0697. The van der Waals surface area contributed by atoms with E-state index in [1.165, 1.54) is 6.20 Å². The number of benzene rings is 1. The van der Waals surface area contributed by atoms with Crippen LogP contribution in [-0.2, 0) is 0 Å². The van der Waals surface area contributed by atoms with E-state index in [1.807, 2.05) is 34.7 Å². The predicted octanol–water partition coefficient (Wildman–Crippen LogP) is 2.03. The zero-order valence-corrected chi connectivity index (χ0v) is 16.5. The zero-order valence-electron chi connectivity index (χ0n) is 16.5. The van der Waals surface area contributed by atoms with Gasteiger partial charge < -0.3 is 19.9 Å². The molecule has 0 spiro atoms. The van der Waals surface area contributed by atoms with Crippen LogP contribution in [0.15, 0.2) is 41.3 Å². The van der Waals surface area contributed by atoms with E-state index in [-0.39, 0.29) is 5.56 Å². The van der Waals surface area contributed by atoms with E-state index < -0.39 is 11.4 Å². The molecule has 2 unspecified atom stereocenters. The second kappa shape index (κ2) is 6.06. The highest BCUT2D eigenvalue weighted by Crippen LogP contribution is 2.33. The van der Waals surface area contributed by atoms with Gasteiger partial charge in [0.2, 0.25) is 5.43 Å². The van der Waals surface area contributed by atoms with Crippen LogP contribution in [0.4, 0.5) is 5.82 Å². The summed E-state index contributed by atoms with van der Waals surface area (Å²) in [7, 11) is 2.16. The Morgan fingerprint density at radius 2 is 1.87 bits per heavy atom. The maximum Gasteiger partial charge on any atom is 0.343 e. The fourth-order valence-corrected chi connectivity index (χ4v) is 5.33. The minimum atomic E-state index is -1.24. The predicted molar refractivity (Wildman–Crippen MR) is 114 cm³/mol. The first-order valence-electron chi connectivity index (χ1n) is 10.1. The van der Waals surface area contributed by atoms with Crippen LogP contribution < -0.4 is 10.3 Å². The quantitative estimate of drug-likeness (QED) is 0.532. The molecule has 8 heteroatoms. The fraction of sp³-hybridized carbons (Fsp3) is 0.318. The molecule has 2 aliphatic heterocycles. The van der Waals surface area contributed by atoms with Crippen molar-refractivity contribution in [1.29, 1.82) is 0 Å². The lowest BCUT2D eigenvalue weighted by Gasteiger charge is -2.20. The van der Waals surface area contributed by atoms with Crippen LogP contribution in [0.25, 0.3) is 27.6 Å². The number of fused-ring (bicyclic) bond motifs is 6. The number of hydrogen-bond donors (Lipinski definition) is 2. The van der Waals surface area contributed by atoms with Gasteiger partial charge in [-0.2, -0.15) is 0 Å². The van der Waals surface area contributed by atoms with Gasteiger partial charge in [-0.1, -0.05) is 12.1 Å². The van der Waals surface area contributed by atoms with Gasteiger partial charge in [-0.15, -0.1) is 0 Å². The van der Waals surface area contributed by atoms with Crippen LogP contribution in [0.1, 0.15) is 10.4 Å². The molecule has 1 aromatic carbocycles. The number of carboxylic acid groups (broad SMARTS) is 1. The number of anilines is 1. The number of rotatable bonds is 2. The number of pyridine rings is 2. The van der Waals surface area contributed by atoms with E-state index in [4.69, 9.17) is 0 Å². The van der Waals surface area contributed by atoms with Crippen LogP contribution in [0, 0.1) is 11.8 Å². The van der Waals surface area contributed by atoms with Crippen molar-refractivity contribution in [2.24, 2.45) is 11.8 Å². The van der Waals surface area contributed by atoms with Gasteiger partial charge in [-0.25, -0.2) is 9.78 Å². The number of nitrogens with zero attached hydrogens (tertiary/aromatic N) is 4. The number of hydrogen-bond acceptors (Lipinski definition) is 5. The molecule has 2 fully saturated rings. The fourth-order valence-electron chi connectivity index (χ4n) is 5.33. The molecule has 6 rings (SSSR count). The number of aromatic amines is 1. The number of aromatic carboxylic acids is 1.